The lowest BCUT2D eigenvalue weighted by Crippen LogP contribution is -2.05. The van der Waals surface area contributed by atoms with Gasteiger partial charge in [-0.3, -0.25) is 0 Å². The van der Waals surface area contributed by atoms with E-state index in [1.165, 1.54) is 11.3 Å². The van der Waals surface area contributed by atoms with E-state index in [1.54, 1.807) is 0 Å². The number of hydrogen-bond donors (Lipinski definition) is 2. The van der Waals surface area contributed by atoms with Gasteiger partial charge >= 0.3 is 0 Å². The van der Waals surface area contributed by atoms with E-state index in [4.69, 9.17) is 5.73 Å². The summed E-state index contributed by atoms with van der Waals surface area (Å²) in [7, 11) is 1.91. The highest BCUT2D eigenvalue weighted by Crippen LogP contribution is 2.17. The smallest absolute Gasteiger partial charge is 0.181 e. The van der Waals surface area contributed by atoms with Crippen molar-refractivity contribution < 1.29 is 0 Å². The van der Waals surface area contributed by atoms with Gasteiger partial charge in [0, 0.05) is 13.0 Å². The van der Waals surface area contributed by atoms with E-state index in [2.05, 4.69) is 22.1 Å². The van der Waals surface area contributed by atoms with Gasteiger partial charge < -0.3 is 11.1 Å². The van der Waals surface area contributed by atoms with Gasteiger partial charge in [0.25, 0.3) is 0 Å². The quantitative estimate of drug-likeness (QED) is 0.546. The van der Waals surface area contributed by atoms with Gasteiger partial charge in [-0.2, -0.15) is 0 Å². The molecule has 0 aliphatic carbocycles. The summed E-state index contributed by atoms with van der Waals surface area (Å²) in [4.78, 5) is 5.07. The number of aromatic nitrogens is 1. The van der Waals surface area contributed by atoms with Crippen LogP contribution < -0.4 is 11.1 Å². The average molecular weight is 195 g/mol. The zero-order valence-corrected chi connectivity index (χ0v) is 8.66. The minimum absolute atomic E-state index is 0.593. The van der Waals surface area contributed by atoms with Gasteiger partial charge in [0.15, 0.2) is 5.13 Å². The van der Waals surface area contributed by atoms with Crippen molar-refractivity contribution in [1.29, 1.82) is 0 Å². The number of hydrogen-bond acceptors (Lipinski definition) is 4. The van der Waals surface area contributed by atoms with Gasteiger partial charge in [0.2, 0.25) is 0 Å². The molecule has 1 rings (SSSR count). The van der Waals surface area contributed by atoms with Crippen LogP contribution in [-0.2, 0) is 0 Å². The predicted octanol–water partition coefficient (Wildman–Crippen LogP) is 0.995. The zero-order chi connectivity index (χ0) is 9.68. The first-order chi connectivity index (χ1) is 6.24. The Morgan fingerprint density at radius 1 is 1.62 bits per heavy atom. The molecule has 0 amide bonds. The summed E-state index contributed by atoms with van der Waals surface area (Å²) in [6, 6.07) is 0. The first-order valence-corrected chi connectivity index (χ1v) is 4.92. The van der Waals surface area contributed by atoms with Crippen LogP contribution in [0.5, 0.6) is 0 Å². The van der Waals surface area contributed by atoms with Crippen LogP contribution >= 0.6 is 11.3 Å². The number of anilines is 1. The number of nitrogens with zero attached hydrogens (tertiary/aromatic N) is 1. The highest BCUT2D eigenvalue weighted by molar-refractivity contribution is 7.16. The molecule has 0 unspecified atom stereocenters. The monoisotopic (exact) mass is 195 g/mol. The molecule has 0 saturated carbocycles. The summed E-state index contributed by atoms with van der Waals surface area (Å²) in [5.41, 5.74) is 6.47. The average Bonchev–Trinajstić information content (AvgIpc) is 2.39. The van der Waals surface area contributed by atoms with Crippen molar-refractivity contribution in [2.24, 2.45) is 0 Å². The number of rotatable bonds is 2. The molecular formula is C9H13N3S. The Labute approximate surface area is 82.4 Å². The largest absolute Gasteiger partial charge is 0.375 e. The second-order valence-corrected chi connectivity index (χ2v) is 3.65. The molecule has 3 nitrogen and oxygen atoms in total. The van der Waals surface area contributed by atoms with E-state index in [-0.39, 0.29) is 0 Å². The van der Waals surface area contributed by atoms with Crippen LogP contribution in [-0.4, -0.2) is 18.6 Å². The fourth-order valence-corrected chi connectivity index (χ4v) is 1.57. The summed E-state index contributed by atoms with van der Waals surface area (Å²) in [6.45, 7) is 2.84. The molecule has 0 aliphatic heterocycles. The lowest BCUT2D eigenvalue weighted by molar-refractivity contribution is 0.818. The molecular weight excluding hydrogens is 182 g/mol. The van der Waals surface area contributed by atoms with Gasteiger partial charge in [0.05, 0.1) is 5.69 Å². The van der Waals surface area contributed by atoms with Crippen LogP contribution in [0.3, 0.4) is 0 Å². The molecule has 4 heteroatoms. The normalized spacial score (nSPS) is 9.38. The number of aryl methyl sites for hydroxylation is 1. The van der Waals surface area contributed by atoms with Crippen LogP contribution in [0.4, 0.5) is 5.13 Å². The van der Waals surface area contributed by atoms with Crippen LogP contribution in [0.1, 0.15) is 17.0 Å². The fraction of sp³-hybridized carbons (Fsp3) is 0.444. The Balaban J connectivity index is 2.60. The molecule has 0 aliphatic rings. The Morgan fingerprint density at radius 2 is 2.38 bits per heavy atom. The van der Waals surface area contributed by atoms with E-state index in [9.17, 15) is 0 Å². The second kappa shape index (κ2) is 4.85. The highest BCUT2D eigenvalue weighted by Gasteiger charge is 2.00. The Bertz CT molecular complexity index is 332. The summed E-state index contributed by atoms with van der Waals surface area (Å²) in [5.74, 6) is 6.11. The molecule has 0 bridgehead atoms. The third kappa shape index (κ3) is 3.05. The SMILES string of the molecule is CNCCC#Cc1sc(N)nc1C. The summed E-state index contributed by atoms with van der Waals surface area (Å²) in [6.07, 6.45) is 0.855. The molecule has 0 radical (unpaired) electrons. The van der Waals surface area contributed by atoms with Crippen molar-refractivity contribution >= 4 is 16.5 Å². The van der Waals surface area contributed by atoms with E-state index >= 15 is 0 Å². The molecule has 3 N–H and O–H groups in total. The zero-order valence-electron chi connectivity index (χ0n) is 7.85. The number of thiazole rings is 1. The fourth-order valence-electron chi connectivity index (χ4n) is 0.864. The minimum atomic E-state index is 0.593. The van der Waals surface area contributed by atoms with Crippen molar-refractivity contribution in [1.82, 2.24) is 10.3 Å². The molecule has 13 heavy (non-hydrogen) atoms. The lowest BCUT2D eigenvalue weighted by atomic mass is 10.3. The first kappa shape index (κ1) is 10.0. The second-order valence-electron chi connectivity index (χ2n) is 2.62. The number of nitrogens with two attached hydrogens (primary N) is 1. The van der Waals surface area contributed by atoms with Crippen molar-refractivity contribution in [3.05, 3.63) is 10.6 Å². The highest BCUT2D eigenvalue weighted by atomic mass is 32.1. The molecule has 70 valence electrons. The number of nitrogens with one attached hydrogen (secondary N) is 1. The van der Waals surface area contributed by atoms with Crippen LogP contribution in [0, 0.1) is 18.8 Å². The third-order valence-electron chi connectivity index (χ3n) is 1.52. The lowest BCUT2D eigenvalue weighted by Gasteiger charge is -1.87. The third-order valence-corrected chi connectivity index (χ3v) is 2.42. The summed E-state index contributed by atoms with van der Waals surface area (Å²) < 4.78 is 0. The van der Waals surface area contributed by atoms with Crippen LogP contribution in [0.25, 0.3) is 0 Å². The van der Waals surface area contributed by atoms with Crippen LogP contribution in [0.2, 0.25) is 0 Å². The Kier molecular flexibility index (Phi) is 3.74. The van der Waals surface area contributed by atoms with Gasteiger partial charge in [-0.05, 0) is 14.0 Å². The van der Waals surface area contributed by atoms with E-state index < -0.39 is 0 Å². The molecule has 1 heterocycles. The van der Waals surface area contributed by atoms with Crippen LogP contribution in [0.15, 0.2) is 0 Å². The summed E-state index contributed by atoms with van der Waals surface area (Å²) >= 11 is 1.45. The maximum Gasteiger partial charge on any atom is 0.181 e. The van der Waals surface area contributed by atoms with Crippen molar-refractivity contribution in [3.63, 3.8) is 0 Å². The molecule has 0 saturated heterocycles. The molecule has 0 atom stereocenters. The molecule has 0 spiro atoms. The predicted molar refractivity (Wildman–Crippen MR) is 56.7 cm³/mol. The van der Waals surface area contributed by atoms with Gasteiger partial charge in [-0.15, -0.1) is 0 Å². The summed E-state index contributed by atoms with van der Waals surface area (Å²) in [5, 5.41) is 3.63. The number of nitrogen functional groups attached to an aromatic ring is 1. The minimum Gasteiger partial charge on any atom is -0.375 e. The van der Waals surface area contributed by atoms with E-state index in [0.29, 0.717) is 5.13 Å². The van der Waals surface area contributed by atoms with Gasteiger partial charge in [-0.1, -0.05) is 23.2 Å². The van der Waals surface area contributed by atoms with Gasteiger partial charge in [0.1, 0.15) is 4.88 Å². The molecule has 1 aromatic rings. The Hall–Kier alpha value is -1.05. The van der Waals surface area contributed by atoms with Crippen molar-refractivity contribution in [2.45, 2.75) is 13.3 Å². The molecule has 0 fully saturated rings. The van der Waals surface area contributed by atoms with E-state index in [0.717, 1.165) is 23.5 Å². The standard InChI is InChI=1S/C9H13N3S/c1-7-8(13-9(10)12-7)5-3-4-6-11-2/h11H,4,6H2,1-2H3,(H2,10,12). The van der Waals surface area contributed by atoms with Crippen molar-refractivity contribution in [2.75, 3.05) is 19.3 Å². The first-order valence-electron chi connectivity index (χ1n) is 4.10. The topological polar surface area (TPSA) is 50.9 Å². The maximum absolute atomic E-state index is 5.54. The Morgan fingerprint density at radius 3 is 2.92 bits per heavy atom. The van der Waals surface area contributed by atoms with Gasteiger partial charge in [-0.25, -0.2) is 4.98 Å². The molecule has 1 aromatic heterocycles. The van der Waals surface area contributed by atoms with Crippen molar-refractivity contribution in [3.8, 4) is 11.8 Å². The molecule has 0 aromatic carbocycles. The maximum atomic E-state index is 5.54. The van der Waals surface area contributed by atoms with E-state index in [1.807, 2.05) is 14.0 Å².